The Balaban J connectivity index is 1.41. The van der Waals surface area contributed by atoms with Crippen molar-refractivity contribution < 1.29 is 14.0 Å². The average Bonchev–Trinajstić information content (AvgIpc) is 3.39. The normalized spacial score (nSPS) is 16.1. The Morgan fingerprint density at radius 3 is 2.62 bits per heavy atom. The van der Waals surface area contributed by atoms with E-state index in [4.69, 9.17) is 4.42 Å². The lowest BCUT2D eigenvalue weighted by molar-refractivity contribution is -0.121. The summed E-state index contributed by atoms with van der Waals surface area (Å²) in [7, 11) is 0. The van der Waals surface area contributed by atoms with Crippen LogP contribution in [0.1, 0.15) is 23.2 Å². The van der Waals surface area contributed by atoms with Gasteiger partial charge in [-0.2, -0.15) is 0 Å². The Hall–Kier alpha value is -3.93. The molecule has 0 radical (unpaired) electrons. The number of nitrogens with one attached hydrogen (secondary N) is 1. The van der Waals surface area contributed by atoms with Crippen molar-refractivity contribution in [3.8, 4) is 11.5 Å². The zero-order valence-electron chi connectivity index (χ0n) is 17.5. The summed E-state index contributed by atoms with van der Waals surface area (Å²) in [6.07, 6.45) is 3.14. The number of benzene rings is 2. The van der Waals surface area contributed by atoms with E-state index in [-0.39, 0.29) is 17.7 Å². The van der Waals surface area contributed by atoms with Gasteiger partial charge in [0, 0.05) is 24.2 Å². The first kappa shape index (κ1) is 20.0. The molecule has 0 spiro atoms. The molecular formula is C26H23N3O3. The molecule has 3 heterocycles. The van der Waals surface area contributed by atoms with Crippen molar-refractivity contribution in [3.05, 3.63) is 84.6 Å². The quantitative estimate of drug-likeness (QED) is 0.500. The van der Waals surface area contributed by atoms with E-state index in [1.165, 1.54) is 0 Å². The molecule has 1 N–H and O–H groups in total. The van der Waals surface area contributed by atoms with Crippen LogP contribution in [0.2, 0.25) is 0 Å². The third-order valence-corrected chi connectivity index (χ3v) is 5.84. The Morgan fingerprint density at radius 1 is 1.00 bits per heavy atom. The van der Waals surface area contributed by atoms with E-state index in [1.54, 1.807) is 23.3 Å². The maximum atomic E-state index is 13.6. The van der Waals surface area contributed by atoms with Gasteiger partial charge in [-0.3, -0.25) is 9.59 Å². The molecule has 160 valence electrons. The van der Waals surface area contributed by atoms with Crippen LogP contribution in [0.25, 0.3) is 22.4 Å². The van der Waals surface area contributed by atoms with Gasteiger partial charge < -0.3 is 14.6 Å². The smallest absolute Gasteiger partial charge is 0.254 e. The van der Waals surface area contributed by atoms with Crippen LogP contribution in [0.3, 0.4) is 0 Å². The molecule has 1 aliphatic heterocycles. The fourth-order valence-corrected chi connectivity index (χ4v) is 4.21. The largest absolute Gasteiger partial charge is 0.463 e. The van der Waals surface area contributed by atoms with Crippen LogP contribution in [0.15, 0.2) is 83.5 Å². The topological polar surface area (TPSA) is 75.4 Å². The second-order valence-corrected chi connectivity index (χ2v) is 8.00. The number of carbonyl (C=O) groups excluding carboxylic acids is 2. The summed E-state index contributed by atoms with van der Waals surface area (Å²) in [5.74, 6) is 0.229. The number of fused-ring (bicyclic) bond motifs is 1. The number of hydrogen-bond donors (Lipinski definition) is 1. The average molecular weight is 425 g/mol. The van der Waals surface area contributed by atoms with Gasteiger partial charge in [-0.1, -0.05) is 36.4 Å². The Labute approximate surface area is 185 Å². The van der Waals surface area contributed by atoms with Crippen molar-refractivity contribution in [1.82, 2.24) is 9.88 Å². The maximum Gasteiger partial charge on any atom is 0.254 e. The molecule has 0 aliphatic carbocycles. The van der Waals surface area contributed by atoms with Gasteiger partial charge in [0.15, 0.2) is 5.76 Å². The molecule has 0 saturated carbocycles. The van der Waals surface area contributed by atoms with Crippen molar-refractivity contribution in [1.29, 1.82) is 0 Å². The molecule has 0 bridgehead atoms. The molecular weight excluding hydrogens is 402 g/mol. The fraction of sp³-hybridized carbons (Fsp3) is 0.192. The number of aromatic nitrogens is 1. The number of likely N-dealkylation sites (tertiary alicyclic amines) is 1. The lowest BCUT2D eigenvalue weighted by Crippen LogP contribution is -2.43. The number of furan rings is 1. The van der Waals surface area contributed by atoms with Crippen LogP contribution in [0.4, 0.5) is 5.69 Å². The van der Waals surface area contributed by atoms with E-state index in [1.807, 2.05) is 60.7 Å². The highest BCUT2D eigenvalue weighted by Crippen LogP contribution is 2.28. The summed E-state index contributed by atoms with van der Waals surface area (Å²) in [4.78, 5) is 32.9. The van der Waals surface area contributed by atoms with Gasteiger partial charge in [0.1, 0.15) is 5.69 Å². The van der Waals surface area contributed by atoms with E-state index in [9.17, 15) is 9.59 Å². The number of amides is 2. The predicted octanol–water partition coefficient (Wildman–Crippen LogP) is 4.99. The zero-order chi connectivity index (χ0) is 21.9. The summed E-state index contributed by atoms with van der Waals surface area (Å²) in [6.45, 7) is 1.02. The van der Waals surface area contributed by atoms with Crippen molar-refractivity contribution in [2.45, 2.75) is 12.8 Å². The molecule has 1 saturated heterocycles. The molecule has 1 aliphatic rings. The van der Waals surface area contributed by atoms with Crippen LogP contribution >= 0.6 is 0 Å². The third kappa shape index (κ3) is 3.99. The van der Waals surface area contributed by atoms with E-state index in [0.29, 0.717) is 30.1 Å². The maximum absolute atomic E-state index is 13.6. The van der Waals surface area contributed by atoms with E-state index >= 15 is 0 Å². The highest BCUT2D eigenvalue weighted by molar-refractivity contribution is 6.07. The van der Waals surface area contributed by atoms with Crippen LogP contribution < -0.4 is 5.32 Å². The number of hydrogen-bond acceptors (Lipinski definition) is 4. The molecule has 1 unspecified atom stereocenters. The number of para-hydroxylation sites is 2. The molecule has 4 aromatic rings. The van der Waals surface area contributed by atoms with Crippen LogP contribution in [-0.4, -0.2) is 34.8 Å². The number of piperidine rings is 1. The number of anilines is 1. The van der Waals surface area contributed by atoms with Gasteiger partial charge in [-0.05, 0) is 49.2 Å². The number of carbonyl (C=O) groups is 2. The molecule has 6 heteroatoms. The molecule has 2 aromatic heterocycles. The van der Waals surface area contributed by atoms with Gasteiger partial charge in [-0.15, -0.1) is 0 Å². The molecule has 1 atom stereocenters. The summed E-state index contributed by atoms with van der Waals surface area (Å²) < 4.78 is 5.51. The zero-order valence-corrected chi connectivity index (χ0v) is 17.5. The highest BCUT2D eigenvalue weighted by atomic mass is 16.3. The highest BCUT2D eigenvalue weighted by Gasteiger charge is 2.30. The van der Waals surface area contributed by atoms with E-state index in [0.717, 1.165) is 29.4 Å². The Kier molecular flexibility index (Phi) is 5.42. The molecule has 2 aromatic carbocycles. The summed E-state index contributed by atoms with van der Waals surface area (Å²) in [6, 6.07) is 22.4. The van der Waals surface area contributed by atoms with Crippen LogP contribution in [0, 0.1) is 5.92 Å². The van der Waals surface area contributed by atoms with Crippen molar-refractivity contribution in [2.75, 3.05) is 18.4 Å². The molecule has 32 heavy (non-hydrogen) atoms. The lowest BCUT2D eigenvalue weighted by atomic mass is 9.95. The number of rotatable bonds is 4. The first-order valence-corrected chi connectivity index (χ1v) is 10.8. The minimum Gasteiger partial charge on any atom is -0.463 e. The van der Waals surface area contributed by atoms with Crippen molar-refractivity contribution in [3.63, 3.8) is 0 Å². The third-order valence-electron chi connectivity index (χ3n) is 5.84. The Morgan fingerprint density at radius 2 is 1.81 bits per heavy atom. The van der Waals surface area contributed by atoms with Gasteiger partial charge in [0.05, 0.1) is 23.3 Å². The first-order valence-electron chi connectivity index (χ1n) is 10.8. The summed E-state index contributed by atoms with van der Waals surface area (Å²) >= 11 is 0. The van der Waals surface area contributed by atoms with Crippen LogP contribution in [-0.2, 0) is 4.79 Å². The van der Waals surface area contributed by atoms with Crippen LogP contribution in [0.5, 0.6) is 0 Å². The van der Waals surface area contributed by atoms with Gasteiger partial charge in [0.2, 0.25) is 5.91 Å². The van der Waals surface area contributed by atoms with Gasteiger partial charge >= 0.3 is 0 Å². The van der Waals surface area contributed by atoms with Gasteiger partial charge in [0.25, 0.3) is 5.91 Å². The van der Waals surface area contributed by atoms with Gasteiger partial charge in [-0.25, -0.2) is 4.98 Å². The molecule has 6 nitrogen and oxygen atoms in total. The second kappa shape index (κ2) is 8.67. The monoisotopic (exact) mass is 425 g/mol. The number of nitrogens with zero attached hydrogens (tertiary/aromatic N) is 2. The Bertz CT molecular complexity index is 1250. The summed E-state index contributed by atoms with van der Waals surface area (Å²) in [5.41, 5.74) is 2.70. The SMILES string of the molecule is O=C(Nc1ccccc1)C1CCCN(C(=O)c2cc(-c3ccco3)nc3ccccc23)C1. The standard InChI is InChI=1S/C26H23N3O3/c30-25(27-19-9-2-1-3-10-19)18-8-6-14-29(17-18)26(31)21-16-23(24-13-7-15-32-24)28-22-12-5-4-11-20(21)22/h1-5,7,9-13,15-16,18H,6,8,14,17H2,(H,27,30). The molecule has 5 rings (SSSR count). The minimum absolute atomic E-state index is 0.0513. The first-order chi connectivity index (χ1) is 15.7. The predicted molar refractivity (Wildman–Crippen MR) is 123 cm³/mol. The van der Waals surface area contributed by atoms with E-state index < -0.39 is 0 Å². The minimum atomic E-state index is -0.245. The molecule has 1 fully saturated rings. The number of pyridine rings is 1. The summed E-state index contributed by atoms with van der Waals surface area (Å²) in [5, 5.41) is 3.76. The van der Waals surface area contributed by atoms with Crippen molar-refractivity contribution >= 4 is 28.4 Å². The van der Waals surface area contributed by atoms with E-state index in [2.05, 4.69) is 10.3 Å². The second-order valence-electron chi connectivity index (χ2n) is 8.00. The molecule has 2 amide bonds. The van der Waals surface area contributed by atoms with Crippen molar-refractivity contribution in [2.24, 2.45) is 5.92 Å². The lowest BCUT2D eigenvalue weighted by Gasteiger charge is -2.32. The fourth-order valence-electron chi connectivity index (χ4n) is 4.21.